The first-order chi connectivity index (χ1) is 11.5. The number of anilines is 1. The predicted octanol–water partition coefficient (Wildman–Crippen LogP) is 4.63. The van der Waals surface area contributed by atoms with Crippen LogP contribution in [0.2, 0.25) is 0 Å². The molecule has 3 heteroatoms. The summed E-state index contributed by atoms with van der Waals surface area (Å²) in [6, 6.07) is 12.6. The van der Waals surface area contributed by atoms with Crippen molar-refractivity contribution < 1.29 is 4.39 Å². The topological polar surface area (TPSA) is 6.48 Å². The average molecular weight is 326 g/mol. The third-order valence-electron chi connectivity index (χ3n) is 5.38. The van der Waals surface area contributed by atoms with Gasteiger partial charge in [-0.1, -0.05) is 18.2 Å². The summed E-state index contributed by atoms with van der Waals surface area (Å²) in [5.41, 5.74) is 5.96. The SMILES string of the molecule is Cc1ccc([C@@H](C)N2CCN(c3ccc(F)c(C)c3)CC2)cc1C. The highest BCUT2D eigenvalue weighted by atomic mass is 19.1. The molecule has 1 aliphatic heterocycles. The first-order valence-electron chi connectivity index (χ1n) is 8.78. The molecule has 1 fully saturated rings. The summed E-state index contributed by atoms with van der Waals surface area (Å²) in [6.45, 7) is 12.5. The molecule has 0 radical (unpaired) electrons. The highest BCUT2D eigenvalue weighted by Crippen LogP contribution is 2.26. The Morgan fingerprint density at radius 1 is 0.833 bits per heavy atom. The second-order valence-electron chi connectivity index (χ2n) is 6.98. The monoisotopic (exact) mass is 326 g/mol. The smallest absolute Gasteiger partial charge is 0.126 e. The van der Waals surface area contributed by atoms with Crippen LogP contribution in [0.15, 0.2) is 36.4 Å². The first kappa shape index (κ1) is 17.0. The maximum absolute atomic E-state index is 13.5. The van der Waals surface area contributed by atoms with Gasteiger partial charge in [-0.3, -0.25) is 4.90 Å². The number of hydrogen-bond donors (Lipinski definition) is 0. The van der Waals surface area contributed by atoms with Gasteiger partial charge in [0.15, 0.2) is 0 Å². The molecular formula is C21H27FN2. The molecule has 3 rings (SSSR count). The molecule has 0 saturated carbocycles. The van der Waals surface area contributed by atoms with Crippen molar-refractivity contribution in [3.8, 4) is 0 Å². The summed E-state index contributed by atoms with van der Waals surface area (Å²) in [4.78, 5) is 4.90. The maximum atomic E-state index is 13.5. The molecule has 2 aromatic rings. The van der Waals surface area contributed by atoms with Crippen LogP contribution >= 0.6 is 0 Å². The lowest BCUT2D eigenvalue weighted by atomic mass is 10.0. The van der Waals surface area contributed by atoms with Crippen LogP contribution in [0.4, 0.5) is 10.1 Å². The molecule has 0 spiro atoms. The number of benzene rings is 2. The third-order valence-corrected chi connectivity index (χ3v) is 5.38. The van der Waals surface area contributed by atoms with Crippen molar-refractivity contribution in [3.63, 3.8) is 0 Å². The zero-order valence-electron chi connectivity index (χ0n) is 15.1. The molecule has 0 bridgehead atoms. The van der Waals surface area contributed by atoms with Crippen molar-refractivity contribution in [2.45, 2.75) is 33.7 Å². The number of nitrogens with zero attached hydrogens (tertiary/aromatic N) is 2. The van der Waals surface area contributed by atoms with Gasteiger partial charge in [-0.15, -0.1) is 0 Å². The number of piperazine rings is 1. The van der Waals surface area contributed by atoms with Gasteiger partial charge in [0.1, 0.15) is 5.82 Å². The van der Waals surface area contributed by atoms with Crippen molar-refractivity contribution in [1.29, 1.82) is 0 Å². The van der Waals surface area contributed by atoms with E-state index in [1.54, 1.807) is 6.07 Å². The maximum Gasteiger partial charge on any atom is 0.126 e. The highest BCUT2D eigenvalue weighted by molar-refractivity contribution is 5.49. The van der Waals surface area contributed by atoms with Gasteiger partial charge >= 0.3 is 0 Å². The Hall–Kier alpha value is -1.87. The van der Waals surface area contributed by atoms with E-state index in [1.165, 1.54) is 16.7 Å². The number of aryl methyl sites for hydroxylation is 3. The van der Waals surface area contributed by atoms with E-state index < -0.39 is 0 Å². The minimum absolute atomic E-state index is 0.124. The molecule has 1 atom stereocenters. The predicted molar refractivity (Wildman–Crippen MR) is 99.3 cm³/mol. The van der Waals surface area contributed by atoms with E-state index in [2.05, 4.69) is 48.8 Å². The van der Waals surface area contributed by atoms with Crippen LogP contribution in [0.5, 0.6) is 0 Å². The van der Waals surface area contributed by atoms with Crippen LogP contribution < -0.4 is 4.90 Å². The third kappa shape index (κ3) is 3.46. The zero-order chi connectivity index (χ0) is 17.3. The Balaban J connectivity index is 1.65. The zero-order valence-corrected chi connectivity index (χ0v) is 15.1. The van der Waals surface area contributed by atoms with Crippen LogP contribution in [-0.4, -0.2) is 31.1 Å². The molecule has 0 aromatic heterocycles. The lowest BCUT2D eigenvalue weighted by Gasteiger charge is -2.39. The van der Waals surface area contributed by atoms with E-state index in [0.717, 1.165) is 37.4 Å². The van der Waals surface area contributed by atoms with Crippen LogP contribution in [0.1, 0.15) is 35.2 Å². The van der Waals surface area contributed by atoms with Gasteiger partial charge in [0, 0.05) is 37.9 Å². The van der Waals surface area contributed by atoms with Crippen molar-refractivity contribution in [2.75, 3.05) is 31.1 Å². The van der Waals surface area contributed by atoms with E-state index in [0.29, 0.717) is 6.04 Å². The van der Waals surface area contributed by atoms with E-state index in [4.69, 9.17) is 0 Å². The van der Waals surface area contributed by atoms with Crippen molar-refractivity contribution >= 4 is 5.69 Å². The molecule has 2 aromatic carbocycles. The number of rotatable bonds is 3. The fourth-order valence-electron chi connectivity index (χ4n) is 3.43. The summed E-state index contributed by atoms with van der Waals surface area (Å²) in [5, 5.41) is 0. The summed E-state index contributed by atoms with van der Waals surface area (Å²) >= 11 is 0. The van der Waals surface area contributed by atoms with Gasteiger partial charge < -0.3 is 4.90 Å². The second-order valence-corrected chi connectivity index (χ2v) is 6.98. The minimum atomic E-state index is -0.124. The molecule has 0 amide bonds. The molecule has 24 heavy (non-hydrogen) atoms. The normalized spacial score (nSPS) is 17.1. The molecule has 0 unspecified atom stereocenters. The molecule has 128 valence electrons. The second kappa shape index (κ2) is 6.94. The Morgan fingerprint density at radius 3 is 2.17 bits per heavy atom. The van der Waals surface area contributed by atoms with Gasteiger partial charge in [-0.05, 0) is 68.1 Å². The van der Waals surface area contributed by atoms with E-state index in [1.807, 2.05) is 19.1 Å². The Bertz CT molecular complexity index is 718. The Kier molecular flexibility index (Phi) is 4.91. The van der Waals surface area contributed by atoms with E-state index >= 15 is 0 Å². The van der Waals surface area contributed by atoms with Gasteiger partial charge in [-0.2, -0.15) is 0 Å². The summed E-state index contributed by atoms with van der Waals surface area (Å²) < 4.78 is 13.5. The summed E-state index contributed by atoms with van der Waals surface area (Å²) in [6.07, 6.45) is 0. The molecule has 1 saturated heterocycles. The quantitative estimate of drug-likeness (QED) is 0.811. The van der Waals surface area contributed by atoms with E-state index in [9.17, 15) is 4.39 Å². The van der Waals surface area contributed by atoms with Crippen molar-refractivity contribution in [3.05, 3.63) is 64.5 Å². The van der Waals surface area contributed by atoms with Crippen molar-refractivity contribution in [2.24, 2.45) is 0 Å². The molecule has 0 aliphatic carbocycles. The van der Waals surface area contributed by atoms with Gasteiger partial charge in [0.05, 0.1) is 0 Å². The molecule has 2 nitrogen and oxygen atoms in total. The average Bonchev–Trinajstić information content (AvgIpc) is 2.59. The molecule has 1 aliphatic rings. The summed E-state index contributed by atoms with van der Waals surface area (Å²) in [5.74, 6) is -0.124. The molecular weight excluding hydrogens is 299 g/mol. The van der Waals surface area contributed by atoms with Gasteiger partial charge in [0.2, 0.25) is 0 Å². The Morgan fingerprint density at radius 2 is 1.54 bits per heavy atom. The molecule has 1 heterocycles. The largest absolute Gasteiger partial charge is 0.369 e. The highest BCUT2D eigenvalue weighted by Gasteiger charge is 2.22. The van der Waals surface area contributed by atoms with Crippen LogP contribution in [-0.2, 0) is 0 Å². The number of halogens is 1. The number of hydrogen-bond acceptors (Lipinski definition) is 2. The minimum Gasteiger partial charge on any atom is -0.369 e. The standard InChI is InChI=1S/C21H27FN2/c1-15-5-6-19(13-16(15)2)18(4)23-9-11-24(12-10-23)20-7-8-21(22)17(3)14-20/h5-8,13-14,18H,9-12H2,1-4H3/t18-/m1/s1. The first-order valence-corrected chi connectivity index (χ1v) is 8.78. The lowest BCUT2D eigenvalue weighted by Crippen LogP contribution is -2.47. The van der Waals surface area contributed by atoms with Crippen molar-refractivity contribution in [1.82, 2.24) is 4.90 Å². The van der Waals surface area contributed by atoms with Crippen LogP contribution in [0, 0.1) is 26.6 Å². The van der Waals surface area contributed by atoms with Gasteiger partial charge in [0.25, 0.3) is 0 Å². The van der Waals surface area contributed by atoms with Gasteiger partial charge in [-0.25, -0.2) is 4.39 Å². The van der Waals surface area contributed by atoms with Crippen LogP contribution in [0.25, 0.3) is 0 Å². The van der Waals surface area contributed by atoms with E-state index in [-0.39, 0.29) is 5.82 Å². The fraction of sp³-hybridized carbons (Fsp3) is 0.429. The fourth-order valence-corrected chi connectivity index (χ4v) is 3.43. The Labute approximate surface area is 144 Å². The lowest BCUT2D eigenvalue weighted by molar-refractivity contribution is 0.198. The summed E-state index contributed by atoms with van der Waals surface area (Å²) in [7, 11) is 0. The van der Waals surface area contributed by atoms with Crippen LogP contribution in [0.3, 0.4) is 0 Å². The molecule has 0 N–H and O–H groups in total.